The monoisotopic (exact) mass is 434 g/mol. The van der Waals surface area contributed by atoms with Crippen molar-refractivity contribution in [1.82, 2.24) is 9.13 Å². The molecule has 3 aliphatic rings. The summed E-state index contributed by atoms with van der Waals surface area (Å²) in [5, 5.41) is 0. The van der Waals surface area contributed by atoms with Crippen LogP contribution in [-0.4, -0.2) is 45.6 Å². The Morgan fingerprint density at radius 1 is 1.06 bits per heavy atom. The topological polar surface area (TPSA) is 106 Å². The highest BCUT2D eigenvalue weighted by Gasteiger charge is 2.51. The van der Waals surface area contributed by atoms with Crippen molar-refractivity contribution < 1.29 is 28.2 Å². The Hall–Kier alpha value is -2.85. The lowest BCUT2D eigenvalue weighted by atomic mass is 10.1. The predicted octanol–water partition coefficient (Wildman–Crippen LogP) is 1.46. The van der Waals surface area contributed by atoms with Crippen LogP contribution in [0.2, 0.25) is 0 Å². The molecule has 1 fully saturated rings. The van der Waals surface area contributed by atoms with E-state index in [0.29, 0.717) is 16.6 Å². The van der Waals surface area contributed by atoms with Crippen molar-refractivity contribution in [3.8, 4) is 0 Å². The van der Waals surface area contributed by atoms with Gasteiger partial charge in [0.1, 0.15) is 18.8 Å². The van der Waals surface area contributed by atoms with Gasteiger partial charge in [-0.15, -0.1) is 0 Å². The number of nitrogens with zero attached hydrogens (tertiary/aromatic N) is 2. The van der Waals surface area contributed by atoms with E-state index in [1.807, 2.05) is 0 Å². The van der Waals surface area contributed by atoms with Crippen LogP contribution >= 0.6 is 0 Å². The fraction of sp³-hybridized carbons (Fsp3) is 0.524. The third-order valence-electron chi connectivity index (χ3n) is 5.47. The summed E-state index contributed by atoms with van der Waals surface area (Å²) in [5.41, 5.74) is -1.68. The molecule has 0 amide bonds. The second-order valence-electron chi connectivity index (χ2n) is 8.16. The third kappa shape index (κ3) is 4.05. The first-order valence-corrected chi connectivity index (χ1v) is 10.1. The van der Waals surface area contributed by atoms with Crippen molar-refractivity contribution in [2.24, 2.45) is 0 Å². The second kappa shape index (κ2) is 8.01. The van der Waals surface area contributed by atoms with E-state index in [-0.39, 0.29) is 25.9 Å². The van der Waals surface area contributed by atoms with E-state index in [1.165, 1.54) is 0 Å². The lowest BCUT2D eigenvalue weighted by molar-refractivity contribution is -0.149. The van der Waals surface area contributed by atoms with Gasteiger partial charge < -0.3 is 14.2 Å². The molecule has 166 valence electrons. The Balaban J connectivity index is 1.83. The maximum absolute atomic E-state index is 14.5. The number of hydrogen-bond acceptors (Lipinski definition) is 7. The van der Waals surface area contributed by atoms with Gasteiger partial charge in [0.25, 0.3) is 5.56 Å². The Morgan fingerprint density at radius 2 is 1.77 bits per heavy atom. The number of carbonyl (C=O) groups is 2. The molecule has 3 atom stereocenters. The van der Waals surface area contributed by atoms with Crippen molar-refractivity contribution in [2.75, 3.05) is 6.61 Å². The van der Waals surface area contributed by atoms with Crippen molar-refractivity contribution in [3.05, 3.63) is 56.7 Å². The van der Waals surface area contributed by atoms with E-state index in [1.54, 1.807) is 32.1 Å². The summed E-state index contributed by atoms with van der Waals surface area (Å²) in [6, 6.07) is -0.852. The summed E-state index contributed by atoms with van der Waals surface area (Å²) < 4.78 is 32.9. The maximum atomic E-state index is 14.5. The fourth-order valence-corrected chi connectivity index (χ4v) is 4.07. The number of rotatable bonds is 0. The molecule has 4 bridgehead atoms. The first-order valence-electron chi connectivity index (χ1n) is 10.1. The van der Waals surface area contributed by atoms with Gasteiger partial charge in [-0.25, -0.2) is 4.79 Å². The van der Waals surface area contributed by atoms with Crippen LogP contribution in [0, 0.1) is 5.82 Å². The molecule has 1 aliphatic carbocycles. The average Bonchev–Trinajstić information content (AvgIpc) is 3.18. The van der Waals surface area contributed by atoms with Gasteiger partial charge in [0, 0.05) is 12.8 Å². The molecule has 0 unspecified atom stereocenters. The number of ether oxygens (including phenoxy) is 3. The summed E-state index contributed by atoms with van der Waals surface area (Å²) in [7, 11) is 0. The van der Waals surface area contributed by atoms with Gasteiger partial charge in [0.2, 0.25) is 11.7 Å². The number of cyclic esters (lactones) is 1. The van der Waals surface area contributed by atoms with E-state index in [2.05, 4.69) is 0 Å². The van der Waals surface area contributed by atoms with Crippen molar-refractivity contribution in [1.29, 1.82) is 0 Å². The minimum absolute atomic E-state index is 0.0740. The van der Waals surface area contributed by atoms with Crippen molar-refractivity contribution in [3.63, 3.8) is 0 Å². The third-order valence-corrected chi connectivity index (χ3v) is 5.47. The van der Waals surface area contributed by atoms with Crippen LogP contribution in [0.5, 0.6) is 0 Å². The van der Waals surface area contributed by atoms with Gasteiger partial charge in [0.15, 0.2) is 5.79 Å². The molecule has 10 heteroatoms. The quantitative estimate of drug-likeness (QED) is 0.450. The number of carbonyl (C=O) groups excluding carboxylic acids is 2. The van der Waals surface area contributed by atoms with Crippen LogP contribution in [-0.2, 0) is 19.0 Å². The minimum atomic E-state index is -1.28. The summed E-state index contributed by atoms with van der Waals surface area (Å²) in [6.07, 6.45) is 5.06. The highest BCUT2D eigenvalue weighted by molar-refractivity contribution is 5.78. The number of fused-ring (bicyclic) bond motifs is 7. The molecule has 1 aromatic heterocycles. The highest BCUT2D eigenvalue weighted by atomic mass is 19.1. The summed E-state index contributed by atoms with van der Waals surface area (Å²) in [4.78, 5) is 49.9. The molecular formula is C21H23FN2O7. The Morgan fingerprint density at radius 3 is 2.52 bits per heavy atom. The van der Waals surface area contributed by atoms with Crippen molar-refractivity contribution in [2.45, 2.75) is 63.6 Å². The molecule has 4 rings (SSSR count). The number of esters is 1. The van der Waals surface area contributed by atoms with Crippen molar-refractivity contribution >= 4 is 11.9 Å². The molecular weight excluding hydrogens is 411 g/mol. The zero-order chi connectivity index (χ0) is 22.3. The molecule has 0 radical (unpaired) electrons. The second-order valence-corrected chi connectivity index (χ2v) is 8.16. The number of aromatic nitrogens is 2. The first kappa shape index (κ1) is 21.4. The molecule has 0 aromatic carbocycles. The summed E-state index contributed by atoms with van der Waals surface area (Å²) in [6.45, 7) is 3.31. The Bertz CT molecular complexity index is 1100. The standard InChI is InChI=1S/C21H23FN2O7/c1-21(2)30-17-12-9-14(18(17)31-21)23-10-13(22)19(27)24(20(23)28)15(25)7-5-3-4-6-8-16(26)29-11-12/h3-4,9-10,14,17-18H,5-8,11H2,1-2H3/b4-3+/t14-,17-,18+/m1/s1. The van der Waals surface area contributed by atoms with Crippen LogP contribution < -0.4 is 11.2 Å². The zero-order valence-electron chi connectivity index (χ0n) is 17.2. The van der Waals surface area contributed by atoms with Gasteiger partial charge >= 0.3 is 11.7 Å². The summed E-state index contributed by atoms with van der Waals surface area (Å²) in [5.74, 6) is -3.42. The fourth-order valence-electron chi connectivity index (χ4n) is 4.07. The first-order chi connectivity index (χ1) is 14.7. The number of halogens is 1. The molecule has 3 heterocycles. The zero-order valence-corrected chi connectivity index (χ0v) is 17.2. The number of hydrogen-bond donors (Lipinski definition) is 0. The molecule has 31 heavy (non-hydrogen) atoms. The lowest BCUT2D eigenvalue weighted by Crippen LogP contribution is -2.47. The Labute approximate surface area is 176 Å². The lowest BCUT2D eigenvalue weighted by Gasteiger charge is -2.22. The molecule has 1 saturated heterocycles. The normalized spacial score (nSPS) is 29.3. The molecule has 0 saturated carbocycles. The number of allylic oxidation sites excluding steroid dienone is 2. The van der Waals surface area contributed by atoms with E-state index < -0.39 is 53.0 Å². The molecule has 1 aromatic rings. The molecule has 0 spiro atoms. The molecule has 2 aliphatic heterocycles. The van der Waals surface area contributed by atoms with Crippen LogP contribution in [0.15, 0.2) is 39.6 Å². The van der Waals surface area contributed by atoms with E-state index in [4.69, 9.17) is 14.2 Å². The van der Waals surface area contributed by atoms with Gasteiger partial charge in [-0.3, -0.25) is 19.0 Å². The largest absolute Gasteiger partial charge is 0.461 e. The van der Waals surface area contributed by atoms with Crippen LogP contribution in [0.1, 0.15) is 50.4 Å². The van der Waals surface area contributed by atoms with Gasteiger partial charge in [-0.1, -0.05) is 18.2 Å². The highest BCUT2D eigenvalue weighted by Crippen LogP contribution is 2.42. The minimum Gasteiger partial charge on any atom is -0.461 e. The van der Waals surface area contributed by atoms with Gasteiger partial charge in [-0.2, -0.15) is 8.96 Å². The maximum Gasteiger partial charge on any atom is 0.338 e. The molecule has 9 nitrogen and oxygen atoms in total. The predicted molar refractivity (Wildman–Crippen MR) is 105 cm³/mol. The van der Waals surface area contributed by atoms with Crippen LogP contribution in [0.3, 0.4) is 0 Å². The average molecular weight is 434 g/mol. The van der Waals surface area contributed by atoms with Gasteiger partial charge in [0.05, 0.1) is 12.2 Å². The van der Waals surface area contributed by atoms with E-state index in [9.17, 15) is 23.6 Å². The van der Waals surface area contributed by atoms with Gasteiger partial charge in [-0.05, 0) is 32.3 Å². The van der Waals surface area contributed by atoms with Crippen LogP contribution in [0.4, 0.5) is 4.39 Å². The summed E-state index contributed by atoms with van der Waals surface area (Å²) >= 11 is 0. The smallest absolute Gasteiger partial charge is 0.338 e. The van der Waals surface area contributed by atoms with E-state index in [0.717, 1.165) is 10.8 Å². The van der Waals surface area contributed by atoms with E-state index >= 15 is 0 Å². The van der Waals surface area contributed by atoms with Crippen LogP contribution in [0.25, 0.3) is 0 Å². The molecule has 0 N–H and O–H groups in total. The Kier molecular flexibility index (Phi) is 5.52. The SMILES string of the molecule is CC1(C)O[C@@H]2[C@H](O1)C1=C[C@H]2n2cc(F)c(=O)n(c2=O)C(=O)CC/C=C/CCC(=O)OC1.